The zero-order valence-corrected chi connectivity index (χ0v) is 14.7. The smallest absolute Gasteiger partial charge is 0.260 e. The van der Waals surface area contributed by atoms with Crippen LogP contribution < -0.4 is 9.47 Å². The Morgan fingerprint density at radius 3 is 2.60 bits per heavy atom. The molecule has 1 amide bonds. The summed E-state index contributed by atoms with van der Waals surface area (Å²) in [5.74, 6) is 1.24. The second-order valence-corrected chi connectivity index (χ2v) is 6.13. The average Bonchev–Trinajstić information content (AvgIpc) is 2.67. The van der Waals surface area contributed by atoms with E-state index in [1.165, 1.54) is 11.1 Å². The molecule has 0 saturated heterocycles. The van der Waals surface area contributed by atoms with E-state index in [0.29, 0.717) is 24.6 Å². The summed E-state index contributed by atoms with van der Waals surface area (Å²) >= 11 is 0. The third-order valence-corrected chi connectivity index (χ3v) is 4.38. The maximum absolute atomic E-state index is 12.4. The van der Waals surface area contributed by atoms with Crippen LogP contribution in [0.25, 0.3) is 5.57 Å². The van der Waals surface area contributed by atoms with E-state index in [0.717, 1.165) is 12.0 Å². The number of nitrogens with zero attached hydrogens (tertiary/aromatic N) is 1. The molecule has 0 N–H and O–H groups in total. The van der Waals surface area contributed by atoms with Gasteiger partial charge in [0.05, 0.1) is 7.11 Å². The molecule has 0 unspecified atom stereocenters. The van der Waals surface area contributed by atoms with Gasteiger partial charge >= 0.3 is 0 Å². The molecule has 0 fully saturated rings. The fourth-order valence-electron chi connectivity index (χ4n) is 2.93. The number of hydrogen-bond acceptors (Lipinski definition) is 3. The van der Waals surface area contributed by atoms with Crippen molar-refractivity contribution in [3.63, 3.8) is 0 Å². The molecule has 1 aliphatic rings. The summed E-state index contributed by atoms with van der Waals surface area (Å²) in [7, 11) is 1.60. The highest BCUT2D eigenvalue weighted by Crippen LogP contribution is 2.28. The molecule has 0 spiro atoms. The minimum atomic E-state index is -0.00834. The van der Waals surface area contributed by atoms with Crippen LogP contribution in [0.15, 0.2) is 54.6 Å². The Hall–Kier alpha value is -2.75. The summed E-state index contributed by atoms with van der Waals surface area (Å²) < 4.78 is 11.0. The van der Waals surface area contributed by atoms with Crippen molar-refractivity contribution in [2.24, 2.45) is 0 Å². The van der Waals surface area contributed by atoms with Crippen LogP contribution in [0, 0.1) is 6.92 Å². The van der Waals surface area contributed by atoms with E-state index >= 15 is 0 Å². The molecule has 1 aliphatic heterocycles. The summed E-state index contributed by atoms with van der Waals surface area (Å²) in [4.78, 5) is 14.2. The molecule has 25 heavy (non-hydrogen) atoms. The fraction of sp³-hybridized carbons (Fsp3) is 0.286. The number of rotatable bonds is 5. The van der Waals surface area contributed by atoms with Crippen LogP contribution in [-0.4, -0.2) is 37.6 Å². The van der Waals surface area contributed by atoms with E-state index in [2.05, 4.69) is 18.2 Å². The van der Waals surface area contributed by atoms with Crippen molar-refractivity contribution in [1.29, 1.82) is 0 Å². The molecule has 0 aromatic heterocycles. The monoisotopic (exact) mass is 337 g/mol. The Kier molecular flexibility index (Phi) is 5.39. The van der Waals surface area contributed by atoms with Gasteiger partial charge in [-0.3, -0.25) is 4.79 Å². The Morgan fingerprint density at radius 2 is 1.92 bits per heavy atom. The topological polar surface area (TPSA) is 38.8 Å². The first-order valence-corrected chi connectivity index (χ1v) is 8.47. The first-order chi connectivity index (χ1) is 12.2. The van der Waals surface area contributed by atoms with E-state index in [1.54, 1.807) is 7.11 Å². The highest BCUT2D eigenvalue weighted by Gasteiger charge is 2.18. The van der Waals surface area contributed by atoms with Crippen molar-refractivity contribution in [2.75, 3.05) is 26.8 Å². The minimum Gasteiger partial charge on any atom is -0.493 e. The predicted molar refractivity (Wildman–Crippen MR) is 98.8 cm³/mol. The van der Waals surface area contributed by atoms with Gasteiger partial charge in [0.2, 0.25) is 0 Å². The van der Waals surface area contributed by atoms with Crippen LogP contribution in [0.5, 0.6) is 11.5 Å². The van der Waals surface area contributed by atoms with Crippen LogP contribution in [0.4, 0.5) is 0 Å². The molecule has 3 rings (SSSR count). The van der Waals surface area contributed by atoms with Gasteiger partial charge in [-0.15, -0.1) is 0 Å². The normalized spacial score (nSPS) is 14.0. The average molecular weight is 337 g/mol. The number of ether oxygens (including phenoxy) is 2. The molecule has 0 bridgehead atoms. The number of aryl methyl sites for hydroxylation is 1. The molecule has 2 aromatic carbocycles. The zero-order valence-electron chi connectivity index (χ0n) is 14.7. The maximum atomic E-state index is 12.4. The SMILES string of the molecule is COc1cc(C)ccc1OCC(=O)N1CC=C(c2ccccc2)CC1. The van der Waals surface area contributed by atoms with Crippen LogP contribution in [0.3, 0.4) is 0 Å². The lowest BCUT2D eigenvalue weighted by Crippen LogP contribution is -2.37. The zero-order chi connectivity index (χ0) is 17.6. The lowest BCUT2D eigenvalue weighted by Gasteiger charge is -2.26. The molecule has 130 valence electrons. The van der Waals surface area contributed by atoms with Crippen molar-refractivity contribution >= 4 is 11.5 Å². The van der Waals surface area contributed by atoms with Crippen LogP contribution >= 0.6 is 0 Å². The second kappa shape index (κ2) is 7.88. The van der Waals surface area contributed by atoms with Crippen LogP contribution in [0.2, 0.25) is 0 Å². The van der Waals surface area contributed by atoms with Crippen LogP contribution in [-0.2, 0) is 4.79 Å². The largest absolute Gasteiger partial charge is 0.493 e. The van der Waals surface area contributed by atoms with E-state index in [9.17, 15) is 4.79 Å². The highest BCUT2D eigenvalue weighted by atomic mass is 16.5. The molecule has 4 heteroatoms. The van der Waals surface area contributed by atoms with Crippen molar-refractivity contribution in [2.45, 2.75) is 13.3 Å². The molecule has 0 radical (unpaired) electrons. The molecule has 2 aromatic rings. The van der Waals surface area contributed by atoms with E-state index < -0.39 is 0 Å². The molecule has 0 saturated carbocycles. The number of carbonyl (C=O) groups is 1. The van der Waals surface area contributed by atoms with Gasteiger partial charge in [-0.1, -0.05) is 42.5 Å². The van der Waals surface area contributed by atoms with Gasteiger partial charge in [0.15, 0.2) is 18.1 Å². The van der Waals surface area contributed by atoms with Gasteiger partial charge in [0.25, 0.3) is 5.91 Å². The number of carbonyl (C=O) groups excluding carboxylic acids is 1. The van der Waals surface area contributed by atoms with Crippen molar-refractivity contribution in [3.05, 3.63) is 65.7 Å². The van der Waals surface area contributed by atoms with Gasteiger partial charge in [0, 0.05) is 13.1 Å². The standard InChI is InChI=1S/C21H23NO3/c1-16-8-9-19(20(14-16)24-2)25-15-21(23)22-12-10-18(11-13-22)17-6-4-3-5-7-17/h3-10,14H,11-13,15H2,1-2H3. The van der Waals surface area contributed by atoms with Gasteiger partial charge < -0.3 is 14.4 Å². The maximum Gasteiger partial charge on any atom is 0.260 e. The van der Waals surface area contributed by atoms with Crippen LogP contribution in [0.1, 0.15) is 17.5 Å². The molecular weight excluding hydrogens is 314 g/mol. The van der Waals surface area contributed by atoms with E-state index in [1.807, 2.05) is 48.2 Å². The predicted octanol–water partition coefficient (Wildman–Crippen LogP) is 3.70. The van der Waals surface area contributed by atoms with Crippen molar-refractivity contribution < 1.29 is 14.3 Å². The van der Waals surface area contributed by atoms with E-state index in [-0.39, 0.29) is 12.5 Å². The Bertz CT molecular complexity index is 768. The summed E-state index contributed by atoms with van der Waals surface area (Å²) in [6.07, 6.45) is 2.99. The number of amides is 1. The Labute approximate surface area is 148 Å². The van der Waals surface area contributed by atoms with Gasteiger partial charge in [-0.05, 0) is 42.2 Å². The first kappa shape index (κ1) is 17.1. The summed E-state index contributed by atoms with van der Waals surface area (Å²) in [6.45, 7) is 3.35. The lowest BCUT2D eigenvalue weighted by molar-refractivity contribution is -0.132. The molecule has 4 nitrogen and oxygen atoms in total. The van der Waals surface area contributed by atoms with E-state index in [4.69, 9.17) is 9.47 Å². The molecule has 1 heterocycles. The highest BCUT2D eigenvalue weighted by molar-refractivity contribution is 5.79. The van der Waals surface area contributed by atoms with Gasteiger partial charge in [-0.25, -0.2) is 0 Å². The summed E-state index contributed by atoms with van der Waals surface area (Å²) in [5, 5.41) is 0. The van der Waals surface area contributed by atoms with Crippen molar-refractivity contribution in [1.82, 2.24) is 4.90 Å². The minimum absolute atomic E-state index is 0.00834. The molecule has 0 aliphatic carbocycles. The van der Waals surface area contributed by atoms with Gasteiger partial charge in [-0.2, -0.15) is 0 Å². The quantitative estimate of drug-likeness (QED) is 0.835. The molecule has 0 atom stereocenters. The number of methoxy groups -OCH3 is 1. The van der Waals surface area contributed by atoms with Crippen molar-refractivity contribution in [3.8, 4) is 11.5 Å². The Morgan fingerprint density at radius 1 is 1.12 bits per heavy atom. The van der Waals surface area contributed by atoms with Gasteiger partial charge in [0.1, 0.15) is 0 Å². The Balaban J connectivity index is 1.57. The second-order valence-electron chi connectivity index (χ2n) is 6.13. The number of hydrogen-bond donors (Lipinski definition) is 0. The third-order valence-electron chi connectivity index (χ3n) is 4.38. The first-order valence-electron chi connectivity index (χ1n) is 8.47. The lowest BCUT2D eigenvalue weighted by atomic mass is 10.00. The summed E-state index contributed by atoms with van der Waals surface area (Å²) in [5.41, 5.74) is 3.62. The summed E-state index contributed by atoms with van der Waals surface area (Å²) in [6, 6.07) is 16.0. The fourth-order valence-corrected chi connectivity index (χ4v) is 2.93. The molecular formula is C21H23NO3. The number of benzene rings is 2. The third kappa shape index (κ3) is 4.21.